The van der Waals surface area contributed by atoms with Crippen molar-refractivity contribution in [3.8, 4) is 5.82 Å². The van der Waals surface area contributed by atoms with E-state index in [2.05, 4.69) is 20.4 Å². The van der Waals surface area contributed by atoms with Crippen LogP contribution in [0, 0.1) is 0 Å². The Hall–Kier alpha value is -2.11. The van der Waals surface area contributed by atoms with Crippen LogP contribution in [-0.2, 0) is 6.54 Å². The van der Waals surface area contributed by atoms with E-state index in [1.807, 2.05) is 24.3 Å². The minimum absolute atomic E-state index is 0.540. The molecule has 0 bridgehead atoms. The van der Waals surface area contributed by atoms with Crippen LogP contribution in [0.4, 0.5) is 5.69 Å². The summed E-state index contributed by atoms with van der Waals surface area (Å²) in [5.74, 6) is 0.690. The third kappa shape index (κ3) is 3.15. The normalized spacial score (nSPS) is 10.6. The van der Waals surface area contributed by atoms with E-state index >= 15 is 0 Å². The van der Waals surface area contributed by atoms with Gasteiger partial charge in [-0.2, -0.15) is 5.10 Å². The van der Waals surface area contributed by atoms with Gasteiger partial charge in [-0.25, -0.2) is 14.6 Å². The minimum atomic E-state index is 0.540. The first kappa shape index (κ1) is 13.9. The van der Waals surface area contributed by atoms with Crippen LogP contribution >= 0.6 is 23.2 Å². The molecule has 0 unspecified atom stereocenters. The fraction of sp³-hybridized carbons (Fsp3) is 0.0714. The maximum atomic E-state index is 6.01. The van der Waals surface area contributed by atoms with Crippen LogP contribution in [0.1, 0.15) is 5.56 Å². The first-order chi connectivity index (χ1) is 10.2. The van der Waals surface area contributed by atoms with E-state index in [4.69, 9.17) is 23.2 Å². The molecule has 1 aromatic carbocycles. The number of hydrogen-bond donors (Lipinski definition) is 1. The average Bonchev–Trinajstić information content (AvgIpc) is 3.03. The fourth-order valence-electron chi connectivity index (χ4n) is 1.88. The summed E-state index contributed by atoms with van der Waals surface area (Å²) < 4.78 is 1.61. The number of nitrogens with one attached hydrogen (secondary N) is 1. The number of hydrogen-bond acceptors (Lipinski definition) is 4. The molecule has 2 heterocycles. The predicted molar refractivity (Wildman–Crippen MR) is 82.9 cm³/mol. The molecule has 1 N–H and O–H groups in total. The molecule has 0 atom stereocenters. The van der Waals surface area contributed by atoms with E-state index < -0.39 is 0 Å². The lowest BCUT2D eigenvalue weighted by Crippen LogP contribution is -2.06. The Balaban J connectivity index is 1.81. The monoisotopic (exact) mass is 319 g/mol. The van der Waals surface area contributed by atoms with E-state index in [1.165, 1.54) is 6.33 Å². The molecule has 2 aromatic heterocycles. The Morgan fingerprint density at radius 1 is 1.14 bits per heavy atom. The molecule has 21 heavy (non-hydrogen) atoms. The number of halogens is 2. The number of pyridine rings is 1. The van der Waals surface area contributed by atoms with Crippen LogP contribution in [0.5, 0.6) is 0 Å². The highest BCUT2D eigenvalue weighted by Crippen LogP contribution is 2.23. The van der Waals surface area contributed by atoms with Crippen LogP contribution in [0.15, 0.2) is 49.2 Å². The third-order valence-electron chi connectivity index (χ3n) is 2.89. The summed E-state index contributed by atoms with van der Waals surface area (Å²) in [6.07, 6.45) is 4.78. The highest BCUT2D eigenvalue weighted by molar-refractivity contribution is 6.42. The molecule has 0 saturated heterocycles. The Bertz CT molecular complexity index is 743. The zero-order valence-electron chi connectivity index (χ0n) is 10.9. The topological polar surface area (TPSA) is 55.6 Å². The summed E-state index contributed by atoms with van der Waals surface area (Å²) >= 11 is 11.9. The molecule has 7 heteroatoms. The summed E-state index contributed by atoms with van der Waals surface area (Å²) in [5, 5.41) is 8.49. The van der Waals surface area contributed by atoms with Crippen LogP contribution in [0.2, 0.25) is 10.0 Å². The van der Waals surface area contributed by atoms with Crippen LogP contribution in [-0.4, -0.2) is 19.7 Å². The van der Waals surface area contributed by atoms with Gasteiger partial charge >= 0.3 is 0 Å². The second-order valence-corrected chi connectivity index (χ2v) is 5.13. The molecule has 0 spiro atoms. The molecule has 5 nitrogen and oxygen atoms in total. The molecular formula is C14H11Cl2N5. The Morgan fingerprint density at radius 2 is 2.05 bits per heavy atom. The zero-order chi connectivity index (χ0) is 14.7. The Kier molecular flexibility index (Phi) is 4.03. The number of nitrogens with zero attached hydrogens (tertiary/aromatic N) is 4. The van der Waals surface area contributed by atoms with Gasteiger partial charge in [-0.1, -0.05) is 29.3 Å². The molecule has 3 rings (SSSR count). The van der Waals surface area contributed by atoms with Crippen molar-refractivity contribution in [2.45, 2.75) is 6.54 Å². The lowest BCUT2D eigenvalue weighted by atomic mass is 10.2. The summed E-state index contributed by atoms with van der Waals surface area (Å²) in [4.78, 5) is 8.25. The van der Waals surface area contributed by atoms with Gasteiger partial charge in [-0.05, 0) is 29.8 Å². The van der Waals surface area contributed by atoms with Gasteiger partial charge in [0.2, 0.25) is 0 Å². The van der Waals surface area contributed by atoms with Crippen molar-refractivity contribution in [3.63, 3.8) is 0 Å². The smallest absolute Gasteiger partial charge is 0.178 e. The average molecular weight is 320 g/mol. The third-order valence-corrected chi connectivity index (χ3v) is 3.63. The van der Waals surface area contributed by atoms with Crippen molar-refractivity contribution in [2.24, 2.45) is 0 Å². The van der Waals surface area contributed by atoms with Gasteiger partial charge in [0.25, 0.3) is 0 Å². The first-order valence-electron chi connectivity index (χ1n) is 6.22. The van der Waals surface area contributed by atoms with Crippen molar-refractivity contribution in [1.29, 1.82) is 0 Å². The van der Waals surface area contributed by atoms with Crippen molar-refractivity contribution < 1.29 is 0 Å². The quantitative estimate of drug-likeness (QED) is 0.798. The predicted octanol–water partition coefficient (Wildman–Crippen LogP) is 3.58. The Labute approximate surface area is 131 Å². The van der Waals surface area contributed by atoms with Crippen LogP contribution in [0.3, 0.4) is 0 Å². The zero-order valence-corrected chi connectivity index (χ0v) is 12.4. The summed E-state index contributed by atoms with van der Waals surface area (Å²) in [6.45, 7) is 0.601. The van der Waals surface area contributed by atoms with Crippen molar-refractivity contribution in [3.05, 3.63) is 64.8 Å². The standard InChI is InChI=1S/C14H11Cl2N5/c15-11-4-3-10(6-12(11)16)7-19-13-2-1-5-18-14(13)21-9-17-8-20-21/h1-6,8-9,19H,7H2. The summed E-state index contributed by atoms with van der Waals surface area (Å²) in [5.41, 5.74) is 1.88. The summed E-state index contributed by atoms with van der Waals surface area (Å²) in [7, 11) is 0. The molecule has 0 radical (unpaired) electrons. The number of rotatable bonds is 4. The molecule has 0 fully saturated rings. The highest BCUT2D eigenvalue weighted by atomic mass is 35.5. The lowest BCUT2D eigenvalue weighted by Gasteiger charge is -2.11. The van der Waals surface area contributed by atoms with Crippen LogP contribution in [0.25, 0.3) is 5.82 Å². The van der Waals surface area contributed by atoms with E-state index in [9.17, 15) is 0 Å². The molecule has 3 aromatic rings. The molecule has 0 aliphatic carbocycles. The van der Waals surface area contributed by atoms with Gasteiger partial charge in [-0.15, -0.1) is 0 Å². The number of benzene rings is 1. The molecule has 0 saturated carbocycles. The Morgan fingerprint density at radius 3 is 2.81 bits per heavy atom. The first-order valence-corrected chi connectivity index (χ1v) is 6.97. The van der Waals surface area contributed by atoms with Gasteiger partial charge in [0.05, 0.1) is 15.7 Å². The molecule has 0 amide bonds. The minimum Gasteiger partial charge on any atom is -0.378 e. The highest BCUT2D eigenvalue weighted by Gasteiger charge is 2.06. The van der Waals surface area contributed by atoms with Crippen molar-refractivity contribution in [2.75, 3.05) is 5.32 Å². The van der Waals surface area contributed by atoms with Gasteiger partial charge < -0.3 is 5.32 Å². The van der Waals surface area contributed by atoms with Gasteiger partial charge in [0.15, 0.2) is 5.82 Å². The second kappa shape index (κ2) is 6.11. The maximum absolute atomic E-state index is 6.01. The second-order valence-electron chi connectivity index (χ2n) is 4.32. The summed E-state index contributed by atoms with van der Waals surface area (Å²) in [6, 6.07) is 9.33. The van der Waals surface area contributed by atoms with E-state index in [0.29, 0.717) is 22.4 Å². The van der Waals surface area contributed by atoms with Crippen LogP contribution < -0.4 is 5.32 Å². The molecular weight excluding hydrogens is 309 g/mol. The molecule has 0 aliphatic rings. The molecule has 0 aliphatic heterocycles. The largest absolute Gasteiger partial charge is 0.378 e. The van der Waals surface area contributed by atoms with Gasteiger partial charge in [-0.3, -0.25) is 0 Å². The molecule has 106 valence electrons. The van der Waals surface area contributed by atoms with Crippen molar-refractivity contribution >= 4 is 28.9 Å². The maximum Gasteiger partial charge on any atom is 0.178 e. The SMILES string of the molecule is Clc1ccc(CNc2cccnc2-n2cncn2)cc1Cl. The van der Waals surface area contributed by atoms with E-state index in [0.717, 1.165) is 11.3 Å². The van der Waals surface area contributed by atoms with E-state index in [-0.39, 0.29) is 0 Å². The van der Waals surface area contributed by atoms with Gasteiger partial charge in [0.1, 0.15) is 12.7 Å². The van der Waals surface area contributed by atoms with Crippen molar-refractivity contribution in [1.82, 2.24) is 19.7 Å². The van der Waals surface area contributed by atoms with E-state index in [1.54, 1.807) is 23.3 Å². The fourth-order valence-corrected chi connectivity index (χ4v) is 2.20. The van der Waals surface area contributed by atoms with Gasteiger partial charge in [0, 0.05) is 12.7 Å². The number of anilines is 1. The number of aromatic nitrogens is 4. The lowest BCUT2D eigenvalue weighted by molar-refractivity contribution is 0.844.